The number of carbonyl (C=O) groups excluding carboxylic acids is 1. The molecular formula is C18H19NO4. The van der Waals surface area contributed by atoms with Gasteiger partial charge >= 0.3 is 6.09 Å². The molecule has 2 aromatic rings. The molecule has 1 atom stereocenters. The Kier molecular flexibility index (Phi) is 4.21. The molecule has 1 unspecified atom stereocenters. The Balaban J connectivity index is 1.79. The molecule has 0 aliphatic carbocycles. The van der Waals surface area contributed by atoms with Crippen LogP contribution in [-0.4, -0.2) is 30.0 Å². The Bertz CT molecular complexity index is 688. The van der Waals surface area contributed by atoms with E-state index in [-0.39, 0.29) is 19.8 Å². The van der Waals surface area contributed by atoms with Crippen molar-refractivity contribution in [3.05, 3.63) is 60.2 Å². The topological polar surface area (TPSA) is 59.0 Å². The third-order valence-corrected chi connectivity index (χ3v) is 3.76. The van der Waals surface area contributed by atoms with Gasteiger partial charge in [0.15, 0.2) is 0 Å². The van der Waals surface area contributed by atoms with Gasteiger partial charge in [-0.25, -0.2) is 4.79 Å². The molecule has 0 saturated heterocycles. The van der Waals surface area contributed by atoms with Gasteiger partial charge in [0.2, 0.25) is 0 Å². The molecular weight excluding hydrogens is 294 g/mol. The number of anilines is 1. The summed E-state index contributed by atoms with van der Waals surface area (Å²) in [5, 5.41) is 9.58. The molecule has 0 radical (unpaired) electrons. The number of hydrogen-bond donors (Lipinski definition) is 1. The normalized spacial score (nSPS) is 19.7. The van der Waals surface area contributed by atoms with Crippen molar-refractivity contribution in [3.63, 3.8) is 0 Å². The first-order valence-corrected chi connectivity index (χ1v) is 7.48. The maximum Gasteiger partial charge on any atom is 0.414 e. The molecule has 1 aliphatic rings. The predicted octanol–water partition coefficient (Wildman–Crippen LogP) is 2.97. The quantitative estimate of drug-likeness (QED) is 0.946. The molecule has 1 heterocycles. The number of rotatable bonds is 3. The van der Waals surface area contributed by atoms with Gasteiger partial charge in [0.1, 0.15) is 18.0 Å². The van der Waals surface area contributed by atoms with Crippen molar-refractivity contribution in [1.29, 1.82) is 0 Å². The molecule has 3 rings (SSSR count). The van der Waals surface area contributed by atoms with Gasteiger partial charge in [-0.15, -0.1) is 0 Å². The highest BCUT2D eigenvalue weighted by atomic mass is 16.6. The highest BCUT2D eigenvalue weighted by Crippen LogP contribution is 2.37. The monoisotopic (exact) mass is 313 g/mol. The van der Waals surface area contributed by atoms with E-state index in [4.69, 9.17) is 9.47 Å². The third-order valence-electron chi connectivity index (χ3n) is 3.76. The number of nitrogens with zero attached hydrogens (tertiary/aromatic N) is 1. The first kappa shape index (κ1) is 15.4. The van der Waals surface area contributed by atoms with E-state index < -0.39 is 11.7 Å². The van der Waals surface area contributed by atoms with Crippen molar-refractivity contribution < 1.29 is 19.4 Å². The van der Waals surface area contributed by atoms with E-state index in [0.29, 0.717) is 11.4 Å². The molecule has 0 spiro atoms. The average Bonchev–Trinajstić information content (AvgIpc) is 2.60. The minimum absolute atomic E-state index is 0.191. The lowest BCUT2D eigenvalue weighted by molar-refractivity contribution is 0.0226. The molecule has 0 aromatic heterocycles. The lowest BCUT2D eigenvalue weighted by Crippen LogP contribution is -2.53. The molecule has 0 fully saturated rings. The zero-order valence-electron chi connectivity index (χ0n) is 12.9. The number of benzene rings is 2. The molecule has 0 bridgehead atoms. The second-order valence-corrected chi connectivity index (χ2v) is 5.80. The number of amides is 1. The molecule has 5 nitrogen and oxygen atoms in total. The van der Waals surface area contributed by atoms with E-state index in [2.05, 4.69) is 0 Å². The van der Waals surface area contributed by atoms with E-state index in [1.54, 1.807) is 19.1 Å². The summed E-state index contributed by atoms with van der Waals surface area (Å²) in [6, 6.07) is 16.8. The van der Waals surface area contributed by atoms with Crippen LogP contribution >= 0.6 is 0 Å². The fourth-order valence-electron chi connectivity index (χ4n) is 2.53. The van der Waals surface area contributed by atoms with Crippen molar-refractivity contribution in [2.75, 3.05) is 18.1 Å². The van der Waals surface area contributed by atoms with E-state index in [9.17, 15) is 9.90 Å². The van der Waals surface area contributed by atoms with Crippen LogP contribution in [0.3, 0.4) is 0 Å². The summed E-state index contributed by atoms with van der Waals surface area (Å²) in [4.78, 5) is 14.0. The number of aliphatic hydroxyl groups excluding tert-OH is 1. The molecule has 23 heavy (non-hydrogen) atoms. The SMILES string of the molecule is CC1(CO)CN(C(=O)OCc2ccccc2)c2ccccc2O1. The van der Waals surface area contributed by atoms with E-state index >= 15 is 0 Å². The molecule has 0 saturated carbocycles. The Labute approximate surface area is 135 Å². The van der Waals surface area contributed by atoms with Gasteiger partial charge in [-0.05, 0) is 24.6 Å². The summed E-state index contributed by atoms with van der Waals surface area (Å²) in [5.41, 5.74) is 0.726. The summed E-state index contributed by atoms with van der Waals surface area (Å²) in [6.07, 6.45) is -0.454. The van der Waals surface area contributed by atoms with Gasteiger partial charge in [-0.1, -0.05) is 42.5 Å². The number of ether oxygens (including phenoxy) is 2. The number of carbonyl (C=O) groups is 1. The summed E-state index contributed by atoms with van der Waals surface area (Å²) in [7, 11) is 0. The number of hydrogen-bond acceptors (Lipinski definition) is 4. The number of aliphatic hydroxyl groups is 1. The van der Waals surface area contributed by atoms with E-state index in [0.717, 1.165) is 5.56 Å². The van der Waals surface area contributed by atoms with Gasteiger partial charge in [-0.2, -0.15) is 0 Å². The highest BCUT2D eigenvalue weighted by Gasteiger charge is 2.38. The lowest BCUT2D eigenvalue weighted by Gasteiger charge is -2.40. The minimum Gasteiger partial charge on any atom is -0.481 e. The van der Waals surface area contributed by atoms with Gasteiger partial charge in [0.05, 0.1) is 18.8 Å². The van der Waals surface area contributed by atoms with Crippen LogP contribution in [0.2, 0.25) is 0 Å². The molecule has 2 aromatic carbocycles. The zero-order chi connectivity index (χ0) is 16.3. The lowest BCUT2D eigenvalue weighted by atomic mass is 10.0. The fourth-order valence-corrected chi connectivity index (χ4v) is 2.53. The fraction of sp³-hybridized carbons (Fsp3) is 0.278. The van der Waals surface area contributed by atoms with Crippen molar-refractivity contribution in [3.8, 4) is 5.75 Å². The van der Waals surface area contributed by atoms with Gasteiger partial charge < -0.3 is 14.6 Å². The third kappa shape index (κ3) is 3.29. The van der Waals surface area contributed by atoms with Gasteiger partial charge in [0.25, 0.3) is 0 Å². The standard InChI is InChI=1S/C18H19NO4/c1-18(13-20)12-19(15-9-5-6-10-16(15)23-18)17(21)22-11-14-7-3-2-4-8-14/h2-10,20H,11-13H2,1H3. The van der Waals surface area contributed by atoms with Crippen molar-refractivity contribution in [2.24, 2.45) is 0 Å². The summed E-state index contributed by atoms with van der Waals surface area (Å²) in [6.45, 7) is 2.01. The number of fused-ring (bicyclic) bond motifs is 1. The van der Waals surface area contributed by atoms with Crippen LogP contribution in [0.4, 0.5) is 10.5 Å². The minimum atomic E-state index is -0.847. The molecule has 1 amide bonds. The smallest absolute Gasteiger partial charge is 0.414 e. The Morgan fingerprint density at radius 1 is 1.22 bits per heavy atom. The van der Waals surface area contributed by atoms with E-state index in [1.165, 1.54) is 4.90 Å². The van der Waals surface area contributed by atoms with Crippen LogP contribution in [0.1, 0.15) is 12.5 Å². The first-order chi connectivity index (χ1) is 11.1. The average molecular weight is 313 g/mol. The maximum absolute atomic E-state index is 12.5. The number of para-hydroxylation sites is 2. The van der Waals surface area contributed by atoms with Crippen LogP contribution in [0.15, 0.2) is 54.6 Å². The summed E-state index contributed by atoms with van der Waals surface area (Å²) >= 11 is 0. The van der Waals surface area contributed by atoms with Crippen molar-refractivity contribution >= 4 is 11.8 Å². The Morgan fingerprint density at radius 2 is 1.91 bits per heavy atom. The van der Waals surface area contributed by atoms with Crippen molar-refractivity contribution in [1.82, 2.24) is 0 Å². The summed E-state index contributed by atoms with van der Waals surface area (Å²) in [5.74, 6) is 0.562. The second kappa shape index (κ2) is 6.30. The molecule has 5 heteroatoms. The predicted molar refractivity (Wildman–Crippen MR) is 86.5 cm³/mol. The largest absolute Gasteiger partial charge is 0.481 e. The highest BCUT2D eigenvalue weighted by molar-refractivity contribution is 5.90. The van der Waals surface area contributed by atoms with Crippen LogP contribution in [0.25, 0.3) is 0 Å². The van der Waals surface area contributed by atoms with Crippen LogP contribution < -0.4 is 9.64 Å². The van der Waals surface area contributed by atoms with Crippen LogP contribution in [0.5, 0.6) is 5.75 Å². The second-order valence-electron chi connectivity index (χ2n) is 5.80. The van der Waals surface area contributed by atoms with Crippen LogP contribution in [-0.2, 0) is 11.3 Å². The molecule has 1 N–H and O–H groups in total. The molecule has 120 valence electrons. The Morgan fingerprint density at radius 3 is 2.65 bits per heavy atom. The van der Waals surface area contributed by atoms with Crippen LogP contribution in [0, 0.1) is 0 Å². The summed E-state index contributed by atoms with van der Waals surface area (Å²) < 4.78 is 11.2. The zero-order valence-corrected chi connectivity index (χ0v) is 12.9. The van der Waals surface area contributed by atoms with Gasteiger partial charge in [0, 0.05) is 0 Å². The van der Waals surface area contributed by atoms with Gasteiger partial charge in [-0.3, -0.25) is 4.90 Å². The maximum atomic E-state index is 12.5. The van der Waals surface area contributed by atoms with E-state index in [1.807, 2.05) is 42.5 Å². The molecule has 1 aliphatic heterocycles. The Hall–Kier alpha value is -2.53. The van der Waals surface area contributed by atoms with Crippen molar-refractivity contribution in [2.45, 2.75) is 19.1 Å². The first-order valence-electron chi connectivity index (χ1n) is 7.48.